The second-order valence-electron chi connectivity index (χ2n) is 7.88. The topological polar surface area (TPSA) is 141 Å². The van der Waals surface area contributed by atoms with Crippen LogP contribution in [0.2, 0.25) is 0 Å². The summed E-state index contributed by atoms with van der Waals surface area (Å²) in [7, 11) is 0. The summed E-state index contributed by atoms with van der Waals surface area (Å²) in [4.78, 5) is 33.2. The molecule has 35 heavy (non-hydrogen) atoms. The Balaban J connectivity index is 1.65. The molecule has 2 heterocycles. The molecule has 0 aliphatic rings. The molecule has 0 atom stereocenters. The number of fused-ring (bicyclic) bond motifs is 2. The molecule has 0 radical (unpaired) electrons. The molecule has 0 saturated heterocycles. The fourth-order valence-electron chi connectivity index (χ4n) is 3.75. The molecule has 0 spiro atoms. The van der Waals surface area contributed by atoms with Crippen LogP contribution in [0.1, 0.15) is 21.5 Å². The summed E-state index contributed by atoms with van der Waals surface area (Å²) in [5, 5.41) is 18.4. The second kappa shape index (κ2) is 8.67. The van der Waals surface area contributed by atoms with Crippen molar-refractivity contribution in [3.63, 3.8) is 0 Å². The first kappa shape index (κ1) is 21.7. The monoisotopic (exact) mass is 465 g/mol. The van der Waals surface area contributed by atoms with Crippen LogP contribution in [0.3, 0.4) is 0 Å². The minimum absolute atomic E-state index is 0.0436. The molecule has 10 nitrogen and oxygen atoms in total. The predicted octanol–water partition coefficient (Wildman–Crippen LogP) is 4.52. The fraction of sp³-hybridized carbons (Fsp3) is 0.0400. The lowest BCUT2D eigenvalue weighted by Gasteiger charge is -2.06. The number of nitrogens with two attached hydrogens (primary N) is 1. The number of rotatable bonds is 5. The van der Waals surface area contributed by atoms with Gasteiger partial charge in [0.05, 0.1) is 22.2 Å². The van der Waals surface area contributed by atoms with Gasteiger partial charge in [-0.05, 0) is 36.8 Å². The molecular formula is C25H19N7O3. The summed E-state index contributed by atoms with van der Waals surface area (Å²) in [6.45, 7) is 1.93. The third kappa shape index (κ3) is 4.15. The Morgan fingerprint density at radius 2 is 1.80 bits per heavy atom. The molecule has 3 N–H and O–H groups in total. The number of hydrogen-bond acceptors (Lipinski definition) is 7. The number of non-ortho nitro benzene ring substituents is 1. The molecule has 3 aromatic carbocycles. The van der Waals surface area contributed by atoms with Crippen LogP contribution in [-0.2, 0) is 0 Å². The third-order valence-corrected chi connectivity index (χ3v) is 5.38. The van der Waals surface area contributed by atoms with E-state index in [4.69, 9.17) is 5.73 Å². The number of carbonyl (C=O) groups is 1. The summed E-state index contributed by atoms with van der Waals surface area (Å²) in [6, 6.07) is 20.7. The van der Waals surface area contributed by atoms with Crippen molar-refractivity contribution in [2.45, 2.75) is 6.92 Å². The third-order valence-electron chi connectivity index (χ3n) is 5.38. The predicted molar refractivity (Wildman–Crippen MR) is 135 cm³/mol. The summed E-state index contributed by atoms with van der Waals surface area (Å²) < 4.78 is 1.32. The van der Waals surface area contributed by atoms with E-state index in [1.807, 2.05) is 37.3 Å². The van der Waals surface area contributed by atoms with Gasteiger partial charge in [-0.2, -0.15) is 9.78 Å². The SMILES string of the molecule is Cc1cccc(NC(=O)c2c(N)n(/N=C/c3cccc([N+](=O)[O-])c3)c3nc4ccccc4nc23)c1. The van der Waals surface area contributed by atoms with Gasteiger partial charge < -0.3 is 11.1 Å². The van der Waals surface area contributed by atoms with Crippen LogP contribution in [0.5, 0.6) is 0 Å². The van der Waals surface area contributed by atoms with Crippen molar-refractivity contribution < 1.29 is 9.72 Å². The highest BCUT2D eigenvalue weighted by atomic mass is 16.6. The average Bonchev–Trinajstić information content (AvgIpc) is 3.11. The number of aromatic nitrogens is 3. The first-order valence-corrected chi connectivity index (χ1v) is 10.6. The molecule has 0 unspecified atom stereocenters. The lowest BCUT2D eigenvalue weighted by atomic mass is 10.2. The van der Waals surface area contributed by atoms with Crippen molar-refractivity contribution in [3.05, 3.63) is 99.6 Å². The zero-order valence-electron chi connectivity index (χ0n) is 18.5. The average molecular weight is 465 g/mol. The Bertz CT molecular complexity index is 1660. The van der Waals surface area contributed by atoms with Gasteiger partial charge in [0, 0.05) is 23.4 Å². The van der Waals surface area contributed by atoms with Crippen molar-refractivity contribution in [2.24, 2.45) is 5.10 Å². The van der Waals surface area contributed by atoms with E-state index in [9.17, 15) is 14.9 Å². The van der Waals surface area contributed by atoms with Gasteiger partial charge in [-0.15, -0.1) is 0 Å². The number of amides is 1. The molecule has 5 rings (SSSR count). The summed E-state index contributed by atoms with van der Waals surface area (Å²) in [6.07, 6.45) is 1.42. The van der Waals surface area contributed by atoms with Crippen LogP contribution in [-0.4, -0.2) is 31.7 Å². The number of nitro groups is 1. The molecule has 0 aliphatic carbocycles. The van der Waals surface area contributed by atoms with E-state index in [1.54, 1.807) is 30.3 Å². The quantitative estimate of drug-likeness (QED) is 0.222. The van der Waals surface area contributed by atoms with E-state index >= 15 is 0 Å². The van der Waals surface area contributed by atoms with Crippen molar-refractivity contribution in [2.75, 3.05) is 11.1 Å². The minimum atomic E-state index is -0.484. The van der Waals surface area contributed by atoms with Gasteiger partial charge in [0.1, 0.15) is 16.9 Å². The largest absolute Gasteiger partial charge is 0.383 e. The standard InChI is InChI=1S/C25H19N7O3/c1-15-6-4-8-17(12-15)28-25(33)21-22-24(30-20-11-3-2-10-19(20)29-22)31(23(21)26)27-14-16-7-5-9-18(13-16)32(34)35/h2-14H,26H2,1H3,(H,28,33)/b27-14+. The highest BCUT2D eigenvalue weighted by Gasteiger charge is 2.24. The maximum absolute atomic E-state index is 13.3. The number of benzene rings is 3. The zero-order chi connectivity index (χ0) is 24.5. The van der Waals surface area contributed by atoms with Crippen molar-refractivity contribution in [1.29, 1.82) is 0 Å². The molecule has 10 heteroatoms. The Labute approximate surface area is 198 Å². The first-order chi connectivity index (χ1) is 16.9. The summed E-state index contributed by atoms with van der Waals surface area (Å²) >= 11 is 0. The van der Waals surface area contributed by atoms with E-state index < -0.39 is 10.8 Å². The van der Waals surface area contributed by atoms with Crippen LogP contribution in [0.25, 0.3) is 22.2 Å². The number of hydrogen-bond donors (Lipinski definition) is 2. The number of nitrogen functional groups attached to an aromatic ring is 1. The maximum Gasteiger partial charge on any atom is 0.270 e. The van der Waals surface area contributed by atoms with Crippen molar-refractivity contribution in [3.8, 4) is 0 Å². The number of para-hydroxylation sites is 2. The highest BCUT2D eigenvalue weighted by molar-refractivity contribution is 6.16. The molecule has 5 aromatic rings. The molecule has 0 aliphatic heterocycles. The molecular weight excluding hydrogens is 446 g/mol. The Kier molecular flexibility index (Phi) is 5.38. The van der Waals surface area contributed by atoms with E-state index in [0.29, 0.717) is 27.8 Å². The lowest BCUT2D eigenvalue weighted by Crippen LogP contribution is -2.14. The second-order valence-corrected chi connectivity index (χ2v) is 7.88. The maximum atomic E-state index is 13.3. The van der Waals surface area contributed by atoms with Gasteiger partial charge in [0.2, 0.25) is 0 Å². The van der Waals surface area contributed by atoms with Crippen LogP contribution in [0.4, 0.5) is 17.2 Å². The van der Waals surface area contributed by atoms with Crippen LogP contribution in [0.15, 0.2) is 77.9 Å². The van der Waals surface area contributed by atoms with Gasteiger partial charge in [-0.25, -0.2) is 9.97 Å². The molecule has 0 fully saturated rings. The van der Waals surface area contributed by atoms with Gasteiger partial charge in [-0.1, -0.05) is 36.4 Å². The van der Waals surface area contributed by atoms with E-state index in [2.05, 4.69) is 20.4 Å². The summed E-state index contributed by atoms with van der Waals surface area (Å²) in [5.74, 6) is -0.408. The number of nitrogens with one attached hydrogen (secondary N) is 1. The zero-order valence-corrected chi connectivity index (χ0v) is 18.5. The summed E-state index contributed by atoms with van der Waals surface area (Å²) in [5.41, 5.74) is 10.4. The van der Waals surface area contributed by atoms with Gasteiger partial charge in [-0.3, -0.25) is 14.9 Å². The lowest BCUT2D eigenvalue weighted by molar-refractivity contribution is -0.384. The molecule has 172 valence electrons. The van der Waals surface area contributed by atoms with Gasteiger partial charge in [0.25, 0.3) is 11.6 Å². The van der Waals surface area contributed by atoms with E-state index in [1.165, 1.54) is 23.0 Å². The number of nitro benzene ring substituents is 1. The normalized spacial score (nSPS) is 11.3. The number of aryl methyl sites for hydroxylation is 1. The van der Waals surface area contributed by atoms with E-state index in [0.717, 1.165) is 5.56 Å². The van der Waals surface area contributed by atoms with E-state index in [-0.39, 0.29) is 22.7 Å². The van der Waals surface area contributed by atoms with Gasteiger partial charge >= 0.3 is 0 Å². The number of anilines is 2. The van der Waals surface area contributed by atoms with Crippen molar-refractivity contribution in [1.82, 2.24) is 14.6 Å². The van der Waals surface area contributed by atoms with Crippen LogP contribution >= 0.6 is 0 Å². The first-order valence-electron chi connectivity index (χ1n) is 10.6. The molecule has 0 bridgehead atoms. The molecule has 2 aromatic heterocycles. The highest BCUT2D eigenvalue weighted by Crippen LogP contribution is 2.29. The Morgan fingerprint density at radius 1 is 1.06 bits per heavy atom. The van der Waals surface area contributed by atoms with Crippen LogP contribution < -0.4 is 11.1 Å². The number of carbonyl (C=O) groups excluding carboxylic acids is 1. The van der Waals surface area contributed by atoms with Crippen LogP contribution in [0, 0.1) is 17.0 Å². The fourth-order valence-corrected chi connectivity index (χ4v) is 3.75. The van der Waals surface area contributed by atoms with Crippen molar-refractivity contribution >= 4 is 51.5 Å². The minimum Gasteiger partial charge on any atom is -0.383 e. The van der Waals surface area contributed by atoms with Gasteiger partial charge in [0.15, 0.2) is 5.65 Å². The molecule has 0 saturated carbocycles. The Hall–Kier alpha value is -5.12. The smallest absolute Gasteiger partial charge is 0.270 e. The molecule has 1 amide bonds. The number of nitrogens with zero attached hydrogens (tertiary/aromatic N) is 5. The Morgan fingerprint density at radius 3 is 2.54 bits per heavy atom.